The van der Waals surface area contributed by atoms with Crippen molar-refractivity contribution in [3.05, 3.63) is 29.2 Å². The molecule has 0 unspecified atom stereocenters. The highest BCUT2D eigenvalue weighted by molar-refractivity contribution is 5.81. The molecule has 8 heteroatoms. The number of nitrogens with zero attached hydrogens (tertiary/aromatic N) is 4. The lowest BCUT2D eigenvalue weighted by molar-refractivity contribution is -0.143. The van der Waals surface area contributed by atoms with E-state index in [2.05, 4.69) is 10.1 Å². The summed E-state index contributed by atoms with van der Waals surface area (Å²) >= 11 is 0. The molecule has 1 saturated heterocycles. The van der Waals surface area contributed by atoms with Gasteiger partial charge in [-0.05, 0) is 38.7 Å². The van der Waals surface area contributed by atoms with Crippen molar-refractivity contribution >= 4 is 11.6 Å². The molecule has 0 aromatic carbocycles. The van der Waals surface area contributed by atoms with Gasteiger partial charge in [-0.2, -0.15) is 18.3 Å². The van der Waals surface area contributed by atoms with E-state index in [1.165, 1.54) is 0 Å². The van der Waals surface area contributed by atoms with E-state index in [-0.39, 0.29) is 23.4 Å². The number of hydrogen-bond acceptors (Lipinski definition) is 3. The first-order valence-electron chi connectivity index (χ1n) is 8.56. The maximum atomic E-state index is 13.4. The summed E-state index contributed by atoms with van der Waals surface area (Å²) in [5.74, 6) is 0.0946. The maximum absolute atomic E-state index is 13.4. The zero-order valence-electron chi connectivity index (χ0n) is 13.9. The van der Waals surface area contributed by atoms with Crippen molar-refractivity contribution in [2.45, 2.75) is 44.7 Å². The summed E-state index contributed by atoms with van der Waals surface area (Å²) < 4.78 is 41.2. The summed E-state index contributed by atoms with van der Waals surface area (Å²) in [5, 5.41) is 3.91. The van der Waals surface area contributed by atoms with Gasteiger partial charge in [-0.15, -0.1) is 0 Å². The number of aryl methyl sites for hydroxylation is 1. The van der Waals surface area contributed by atoms with Crippen LogP contribution in [0.4, 0.5) is 13.2 Å². The molecule has 1 aliphatic carbocycles. The molecule has 1 saturated carbocycles. The Morgan fingerprint density at radius 3 is 2.68 bits per heavy atom. The average Bonchev–Trinajstić information content (AvgIpc) is 3.33. The zero-order valence-corrected chi connectivity index (χ0v) is 13.9. The van der Waals surface area contributed by atoms with Crippen molar-refractivity contribution in [3.8, 4) is 0 Å². The molecule has 1 aliphatic heterocycles. The van der Waals surface area contributed by atoms with E-state index in [1.54, 1.807) is 17.9 Å². The van der Waals surface area contributed by atoms with E-state index < -0.39 is 11.9 Å². The minimum atomic E-state index is -4.51. The number of alkyl halides is 3. The van der Waals surface area contributed by atoms with Crippen LogP contribution in [-0.4, -0.2) is 38.5 Å². The summed E-state index contributed by atoms with van der Waals surface area (Å²) in [5.41, 5.74) is 0.275. The first kappa shape index (κ1) is 16.4. The predicted octanol–water partition coefficient (Wildman–Crippen LogP) is 3.17. The molecule has 1 amide bonds. The maximum Gasteiger partial charge on any atom is 0.433 e. The summed E-state index contributed by atoms with van der Waals surface area (Å²) in [4.78, 5) is 18.5. The molecular formula is C17H19F3N4O. The van der Waals surface area contributed by atoms with Crippen molar-refractivity contribution in [2.75, 3.05) is 13.1 Å². The number of rotatable bonds is 2. The molecule has 1 atom stereocenters. The lowest BCUT2D eigenvalue weighted by Gasteiger charge is -2.33. The van der Waals surface area contributed by atoms with Crippen LogP contribution >= 0.6 is 0 Å². The second-order valence-corrected chi connectivity index (χ2v) is 7.02. The van der Waals surface area contributed by atoms with Crippen LogP contribution in [0, 0.1) is 12.8 Å². The molecule has 5 nitrogen and oxygen atoms in total. The van der Waals surface area contributed by atoms with Gasteiger partial charge in [0.25, 0.3) is 0 Å². The van der Waals surface area contributed by atoms with E-state index in [0.717, 1.165) is 36.3 Å². The van der Waals surface area contributed by atoms with Crippen LogP contribution in [0.3, 0.4) is 0 Å². The molecule has 0 N–H and O–H groups in total. The van der Waals surface area contributed by atoms with Crippen LogP contribution in [0.5, 0.6) is 0 Å². The average molecular weight is 352 g/mol. The molecule has 3 heterocycles. The topological polar surface area (TPSA) is 50.5 Å². The first-order chi connectivity index (χ1) is 11.8. The van der Waals surface area contributed by atoms with Crippen LogP contribution in [0.15, 0.2) is 12.1 Å². The smallest absolute Gasteiger partial charge is 0.342 e. The third-order valence-corrected chi connectivity index (χ3v) is 4.94. The summed E-state index contributed by atoms with van der Waals surface area (Å²) in [6, 6.07) is 2.64. The largest absolute Gasteiger partial charge is 0.433 e. The standard InChI is InChI=1S/C17H19F3N4O/c1-10-7-15-21-13(8-14(17(18,19)20)24(15)22-10)12-3-2-6-23(9-12)16(25)11-4-5-11/h7-8,11-12H,2-6,9H2,1H3/t12-/m1/s1. The van der Waals surface area contributed by atoms with Crippen LogP contribution < -0.4 is 0 Å². The van der Waals surface area contributed by atoms with Gasteiger partial charge in [0, 0.05) is 36.7 Å². The molecule has 134 valence electrons. The van der Waals surface area contributed by atoms with Gasteiger partial charge in [-0.25, -0.2) is 9.50 Å². The Morgan fingerprint density at radius 1 is 1.24 bits per heavy atom. The number of halogens is 3. The molecule has 0 bridgehead atoms. The van der Waals surface area contributed by atoms with Crippen LogP contribution in [0.25, 0.3) is 5.65 Å². The number of carbonyl (C=O) groups is 1. The lowest BCUT2D eigenvalue weighted by Crippen LogP contribution is -2.40. The van der Waals surface area contributed by atoms with Crippen LogP contribution in [0.1, 0.15) is 48.7 Å². The number of amides is 1. The van der Waals surface area contributed by atoms with Gasteiger partial charge in [0.05, 0.1) is 5.69 Å². The van der Waals surface area contributed by atoms with Gasteiger partial charge in [0.15, 0.2) is 5.65 Å². The van der Waals surface area contributed by atoms with E-state index in [0.29, 0.717) is 24.5 Å². The second kappa shape index (κ2) is 5.71. The third-order valence-electron chi connectivity index (χ3n) is 4.94. The van der Waals surface area contributed by atoms with Gasteiger partial charge in [-0.1, -0.05) is 0 Å². The predicted molar refractivity (Wildman–Crippen MR) is 84.0 cm³/mol. The van der Waals surface area contributed by atoms with Gasteiger partial charge >= 0.3 is 6.18 Å². The van der Waals surface area contributed by atoms with Crippen molar-refractivity contribution in [1.29, 1.82) is 0 Å². The van der Waals surface area contributed by atoms with Crippen LogP contribution in [-0.2, 0) is 11.0 Å². The van der Waals surface area contributed by atoms with Gasteiger partial charge in [0.1, 0.15) is 5.69 Å². The highest BCUT2D eigenvalue weighted by Crippen LogP contribution is 2.36. The zero-order chi connectivity index (χ0) is 17.8. The molecule has 0 spiro atoms. The summed E-state index contributed by atoms with van der Waals surface area (Å²) in [6.07, 6.45) is -1.13. The Bertz CT molecular complexity index is 825. The quantitative estimate of drug-likeness (QED) is 0.834. The fourth-order valence-electron chi connectivity index (χ4n) is 3.53. The van der Waals surface area contributed by atoms with Gasteiger partial charge < -0.3 is 4.90 Å². The SMILES string of the molecule is Cc1cc2nc([C@@H]3CCCN(C(=O)C4CC4)C3)cc(C(F)(F)F)n2n1. The van der Waals surface area contributed by atoms with E-state index in [1.807, 2.05) is 0 Å². The minimum absolute atomic E-state index is 0.123. The third kappa shape index (κ3) is 3.09. The van der Waals surface area contributed by atoms with E-state index >= 15 is 0 Å². The summed E-state index contributed by atoms with van der Waals surface area (Å²) in [7, 11) is 0. The number of hydrogen-bond donors (Lipinski definition) is 0. The number of aromatic nitrogens is 3. The van der Waals surface area contributed by atoms with Gasteiger partial charge in [0.2, 0.25) is 5.91 Å². The molecular weight excluding hydrogens is 333 g/mol. The van der Waals surface area contributed by atoms with E-state index in [4.69, 9.17) is 0 Å². The molecule has 2 aromatic heterocycles. The van der Waals surface area contributed by atoms with Crippen molar-refractivity contribution in [2.24, 2.45) is 5.92 Å². The van der Waals surface area contributed by atoms with Crippen LogP contribution in [0.2, 0.25) is 0 Å². The van der Waals surface area contributed by atoms with Crippen molar-refractivity contribution in [3.63, 3.8) is 0 Å². The molecule has 2 fully saturated rings. The highest BCUT2D eigenvalue weighted by Gasteiger charge is 2.38. The van der Waals surface area contributed by atoms with Crippen molar-refractivity contribution < 1.29 is 18.0 Å². The normalized spacial score (nSPS) is 21.8. The number of carbonyl (C=O) groups excluding carboxylic acids is 1. The second-order valence-electron chi connectivity index (χ2n) is 7.02. The van der Waals surface area contributed by atoms with Gasteiger partial charge in [-0.3, -0.25) is 4.79 Å². The van der Waals surface area contributed by atoms with E-state index in [9.17, 15) is 18.0 Å². The molecule has 25 heavy (non-hydrogen) atoms. The van der Waals surface area contributed by atoms with Crippen molar-refractivity contribution in [1.82, 2.24) is 19.5 Å². The molecule has 2 aromatic rings. The number of fused-ring (bicyclic) bond motifs is 1. The molecule has 4 rings (SSSR count). The summed E-state index contributed by atoms with van der Waals surface area (Å²) in [6.45, 7) is 2.78. The highest BCUT2D eigenvalue weighted by atomic mass is 19.4. The fraction of sp³-hybridized carbons (Fsp3) is 0.588. The Hall–Kier alpha value is -2.12. The Labute approximate surface area is 142 Å². The Morgan fingerprint density at radius 2 is 2.00 bits per heavy atom. The lowest BCUT2D eigenvalue weighted by atomic mass is 9.93. The Kier molecular flexibility index (Phi) is 3.73. The number of piperidine rings is 1. The Balaban J connectivity index is 1.69. The molecule has 2 aliphatic rings. The molecule has 0 radical (unpaired) electrons. The minimum Gasteiger partial charge on any atom is -0.342 e. The fourth-order valence-corrected chi connectivity index (χ4v) is 3.53. The number of likely N-dealkylation sites (tertiary alicyclic amines) is 1. The monoisotopic (exact) mass is 352 g/mol. The first-order valence-corrected chi connectivity index (χ1v) is 8.56.